The van der Waals surface area contributed by atoms with Crippen molar-refractivity contribution in [1.29, 1.82) is 0 Å². The summed E-state index contributed by atoms with van der Waals surface area (Å²) in [5.74, 6) is -0.989. The maximum absolute atomic E-state index is 14.1. The third kappa shape index (κ3) is 3.70. The van der Waals surface area contributed by atoms with Crippen LogP contribution in [-0.2, 0) is 11.3 Å². The highest BCUT2D eigenvalue weighted by atomic mass is 19.1. The van der Waals surface area contributed by atoms with E-state index in [9.17, 15) is 18.0 Å². The Balaban J connectivity index is 1.49. The Morgan fingerprint density at radius 2 is 1.83 bits per heavy atom. The fourth-order valence-electron chi connectivity index (χ4n) is 3.80. The molecule has 0 atom stereocenters. The van der Waals surface area contributed by atoms with Gasteiger partial charge in [-0.2, -0.15) is 0 Å². The number of aromatic nitrogens is 3. The number of carbonyl (C=O) groups excluding carboxylic acids is 1. The molecule has 2 aromatic heterocycles. The summed E-state index contributed by atoms with van der Waals surface area (Å²) in [4.78, 5) is 28.3. The standard InChI is InChI=1S/C19H20F3N5O2/c20-12-19(1-3-26(4-2-19)18-24-8-14(21)9-25-18)17(28)27-5-6-29-16-13(11-27)7-23-10-15(16)22/h7-10H,1-6,11-12H2. The molecule has 1 amide bonds. The van der Waals surface area contributed by atoms with Crippen molar-refractivity contribution in [3.8, 4) is 5.75 Å². The van der Waals surface area contributed by atoms with Crippen LogP contribution in [0.4, 0.5) is 19.1 Å². The number of halogens is 3. The number of pyridine rings is 1. The summed E-state index contributed by atoms with van der Waals surface area (Å²) in [6.07, 6.45) is 5.22. The van der Waals surface area contributed by atoms with Crippen molar-refractivity contribution in [2.45, 2.75) is 19.4 Å². The zero-order chi connectivity index (χ0) is 20.4. The first-order valence-electron chi connectivity index (χ1n) is 9.35. The van der Waals surface area contributed by atoms with E-state index in [1.807, 2.05) is 0 Å². The first kappa shape index (κ1) is 19.4. The van der Waals surface area contributed by atoms with Crippen LogP contribution in [0.1, 0.15) is 18.4 Å². The Kier molecular flexibility index (Phi) is 5.25. The second-order valence-electron chi connectivity index (χ2n) is 7.29. The van der Waals surface area contributed by atoms with Crippen LogP contribution in [-0.4, -0.2) is 58.7 Å². The molecule has 2 aliphatic heterocycles. The van der Waals surface area contributed by atoms with E-state index in [1.54, 1.807) is 4.90 Å². The minimum Gasteiger partial charge on any atom is -0.488 e. The summed E-state index contributed by atoms with van der Waals surface area (Å²) < 4.78 is 46.5. The van der Waals surface area contributed by atoms with Crippen LogP contribution in [0.3, 0.4) is 0 Å². The molecule has 0 spiro atoms. The number of anilines is 1. The monoisotopic (exact) mass is 407 g/mol. The number of fused-ring (bicyclic) bond motifs is 1. The first-order chi connectivity index (χ1) is 14.0. The predicted molar refractivity (Wildman–Crippen MR) is 97.0 cm³/mol. The van der Waals surface area contributed by atoms with Crippen LogP contribution in [0.5, 0.6) is 5.75 Å². The molecule has 0 unspecified atom stereocenters. The quantitative estimate of drug-likeness (QED) is 0.776. The molecule has 1 saturated heterocycles. The van der Waals surface area contributed by atoms with Gasteiger partial charge in [-0.3, -0.25) is 9.78 Å². The van der Waals surface area contributed by atoms with Gasteiger partial charge < -0.3 is 14.5 Å². The summed E-state index contributed by atoms with van der Waals surface area (Å²) in [5.41, 5.74) is -0.705. The maximum atomic E-state index is 14.1. The lowest BCUT2D eigenvalue weighted by molar-refractivity contribution is -0.145. The Morgan fingerprint density at radius 3 is 2.52 bits per heavy atom. The van der Waals surface area contributed by atoms with E-state index in [4.69, 9.17) is 4.74 Å². The molecular formula is C19H20F3N5O2. The van der Waals surface area contributed by atoms with Crippen LogP contribution in [0, 0.1) is 17.0 Å². The lowest BCUT2D eigenvalue weighted by Crippen LogP contribution is -2.52. The van der Waals surface area contributed by atoms with Crippen molar-refractivity contribution < 1.29 is 22.7 Å². The number of hydrogen-bond donors (Lipinski definition) is 0. The molecule has 29 heavy (non-hydrogen) atoms. The minimum atomic E-state index is -1.16. The molecule has 0 bridgehead atoms. The first-order valence-corrected chi connectivity index (χ1v) is 9.35. The number of hydrogen-bond acceptors (Lipinski definition) is 6. The molecule has 2 aliphatic rings. The van der Waals surface area contributed by atoms with E-state index >= 15 is 0 Å². The number of ether oxygens (including phenoxy) is 1. The number of alkyl halides is 1. The summed E-state index contributed by atoms with van der Waals surface area (Å²) >= 11 is 0. The van der Waals surface area contributed by atoms with Gasteiger partial charge in [0.15, 0.2) is 17.4 Å². The number of nitrogens with zero attached hydrogens (tertiary/aromatic N) is 5. The molecule has 0 aliphatic carbocycles. The molecule has 7 nitrogen and oxygen atoms in total. The Bertz CT molecular complexity index is 888. The van der Waals surface area contributed by atoms with Crippen molar-refractivity contribution >= 4 is 11.9 Å². The molecule has 0 aromatic carbocycles. The molecule has 4 rings (SSSR count). The molecule has 1 fully saturated rings. The number of rotatable bonds is 3. The molecule has 0 radical (unpaired) electrons. The Morgan fingerprint density at radius 1 is 1.10 bits per heavy atom. The second kappa shape index (κ2) is 7.84. The van der Waals surface area contributed by atoms with Crippen molar-refractivity contribution in [2.24, 2.45) is 5.41 Å². The van der Waals surface area contributed by atoms with Gasteiger partial charge in [-0.25, -0.2) is 23.1 Å². The van der Waals surface area contributed by atoms with E-state index in [1.165, 1.54) is 11.1 Å². The van der Waals surface area contributed by atoms with Crippen molar-refractivity contribution in [1.82, 2.24) is 19.9 Å². The molecule has 10 heteroatoms. The minimum absolute atomic E-state index is 0.0906. The number of piperidine rings is 1. The number of carbonyl (C=O) groups is 1. The van der Waals surface area contributed by atoms with Crippen LogP contribution >= 0.6 is 0 Å². The second-order valence-corrected chi connectivity index (χ2v) is 7.29. The Labute approximate surface area is 165 Å². The van der Waals surface area contributed by atoms with E-state index in [2.05, 4.69) is 15.0 Å². The van der Waals surface area contributed by atoms with E-state index in [0.717, 1.165) is 18.6 Å². The average Bonchev–Trinajstić information content (AvgIpc) is 2.97. The van der Waals surface area contributed by atoms with Crippen LogP contribution < -0.4 is 9.64 Å². The van der Waals surface area contributed by atoms with Crippen LogP contribution in [0.2, 0.25) is 0 Å². The molecule has 154 valence electrons. The third-order valence-corrected chi connectivity index (χ3v) is 5.50. The summed E-state index contributed by atoms with van der Waals surface area (Å²) in [6.45, 7) is 0.426. The van der Waals surface area contributed by atoms with Gasteiger partial charge in [0.2, 0.25) is 11.9 Å². The van der Waals surface area contributed by atoms with Gasteiger partial charge >= 0.3 is 0 Å². The highest BCUT2D eigenvalue weighted by Gasteiger charge is 2.44. The van der Waals surface area contributed by atoms with Gasteiger partial charge in [-0.1, -0.05) is 0 Å². The lowest BCUT2D eigenvalue weighted by Gasteiger charge is -2.41. The summed E-state index contributed by atoms with van der Waals surface area (Å²) in [6, 6.07) is 0. The average molecular weight is 407 g/mol. The zero-order valence-corrected chi connectivity index (χ0v) is 15.7. The highest BCUT2D eigenvalue weighted by molar-refractivity contribution is 5.83. The topological polar surface area (TPSA) is 71.5 Å². The summed E-state index contributed by atoms with van der Waals surface area (Å²) in [5, 5.41) is 0. The molecule has 2 aromatic rings. The fraction of sp³-hybridized carbons (Fsp3) is 0.474. The van der Waals surface area contributed by atoms with Gasteiger partial charge in [-0.15, -0.1) is 0 Å². The van der Waals surface area contributed by atoms with E-state index in [-0.39, 0.29) is 44.2 Å². The fourth-order valence-corrected chi connectivity index (χ4v) is 3.80. The highest BCUT2D eigenvalue weighted by Crippen LogP contribution is 2.36. The van der Waals surface area contributed by atoms with Crippen molar-refractivity contribution in [2.75, 3.05) is 37.8 Å². The third-order valence-electron chi connectivity index (χ3n) is 5.50. The molecule has 0 N–H and O–H groups in total. The smallest absolute Gasteiger partial charge is 0.231 e. The predicted octanol–water partition coefficient (Wildman–Crippen LogP) is 2.13. The van der Waals surface area contributed by atoms with Gasteiger partial charge in [0.1, 0.15) is 13.3 Å². The molecule has 0 saturated carbocycles. The van der Waals surface area contributed by atoms with Crippen molar-refractivity contribution in [3.05, 3.63) is 42.0 Å². The van der Waals surface area contributed by atoms with Gasteiger partial charge in [0, 0.05) is 24.8 Å². The Hall–Kier alpha value is -2.91. The zero-order valence-electron chi connectivity index (χ0n) is 15.7. The normalized spacial score (nSPS) is 18.6. The summed E-state index contributed by atoms with van der Waals surface area (Å²) in [7, 11) is 0. The van der Waals surface area contributed by atoms with Crippen molar-refractivity contribution in [3.63, 3.8) is 0 Å². The van der Waals surface area contributed by atoms with E-state index < -0.39 is 23.7 Å². The molecule has 4 heterocycles. The lowest BCUT2D eigenvalue weighted by atomic mass is 9.78. The van der Waals surface area contributed by atoms with Gasteiger partial charge in [-0.05, 0) is 12.8 Å². The van der Waals surface area contributed by atoms with Gasteiger partial charge in [0.25, 0.3) is 0 Å². The van der Waals surface area contributed by atoms with Crippen LogP contribution in [0.25, 0.3) is 0 Å². The largest absolute Gasteiger partial charge is 0.488 e. The van der Waals surface area contributed by atoms with Crippen LogP contribution in [0.15, 0.2) is 24.8 Å². The molecular weight excluding hydrogens is 387 g/mol. The number of amides is 1. The maximum Gasteiger partial charge on any atom is 0.231 e. The van der Waals surface area contributed by atoms with E-state index in [0.29, 0.717) is 24.6 Å². The SMILES string of the molecule is O=C(N1CCOc2c(F)cncc2C1)C1(CF)CCN(c2ncc(F)cn2)CC1. The van der Waals surface area contributed by atoms with Gasteiger partial charge in [0.05, 0.1) is 37.1 Å².